The zero-order chi connectivity index (χ0) is 13.3. The number of hydrogen-bond acceptors (Lipinski definition) is 5. The molecule has 0 aromatic carbocycles. The van der Waals surface area contributed by atoms with Crippen LogP contribution in [0.15, 0.2) is 12.4 Å². The molecule has 1 unspecified atom stereocenters. The van der Waals surface area contributed by atoms with Gasteiger partial charge in [-0.1, -0.05) is 0 Å². The lowest BCUT2D eigenvalue weighted by molar-refractivity contribution is -0.384. The van der Waals surface area contributed by atoms with Crippen LogP contribution in [-0.2, 0) is 7.05 Å². The number of hydrogen-bond donors (Lipinski definition) is 2. The van der Waals surface area contributed by atoms with Crippen LogP contribution in [0.2, 0.25) is 0 Å². The number of aromatic amines is 1. The zero-order valence-electron chi connectivity index (χ0n) is 10.3. The van der Waals surface area contributed by atoms with E-state index < -0.39 is 4.92 Å². The van der Waals surface area contributed by atoms with Crippen LogP contribution in [0.4, 0.5) is 11.5 Å². The first-order chi connectivity index (χ1) is 8.50. The molecule has 2 N–H and O–H groups in total. The van der Waals surface area contributed by atoms with Gasteiger partial charge in [0, 0.05) is 19.4 Å². The Morgan fingerprint density at radius 3 is 2.89 bits per heavy atom. The van der Waals surface area contributed by atoms with Gasteiger partial charge in [0.25, 0.3) is 0 Å². The van der Waals surface area contributed by atoms with E-state index in [1.807, 2.05) is 6.92 Å². The summed E-state index contributed by atoms with van der Waals surface area (Å²) in [6.07, 6.45) is 3.34. The average Bonchev–Trinajstić information content (AvgIpc) is 2.87. The van der Waals surface area contributed by atoms with Crippen molar-refractivity contribution >= 4 is 11.5 Å². The summed E-state index contributed by atoms with van der Waals surface area (Å²) in [4.78, 5) is 17.6. The van der Waals surface area contributed by atoms with Crippen LogP contribution in [-0.4, -0.2) is 24.7 Å². The predicted octanol–water partition coefficient (Wildman–Crippen LogP) is 1.53. The highest BCUT2D eigenvalue weighted by atomic mass is 16.6. The molecule has 0 saturated heterocycles. The van der Waals surface area contributed by atoms with E-state index in [0.717, 1.165) is 0 Å². The van der Waals surface area contributed by atoms with Crippen molar-refractivity contribution in [2.24, 2.45) is 7.05 Å². The minimum Gasteiger partial charge on any atom is -0.355 e. The van der Waals surface area contributed by atoms with Gasteiger partial charge >= 0.3 is 5.69 Å². The molecule has 2 aromatic heterocycles. The molecule has 96 valence electrons. The number of nitrogens with one attached hydrogen (secondary N) is 2. The molecule has 1 atom stereocenters. The Morgan fingerprint density at radius 2 is 2.33 bits per heavy atom. The predicted molar refractivity (Wildman–Crippen MR) is 65.2 cm³/mol. The van der Waals surface area contributed by atoms with E-state index in [0.29, 0.717) is 17.3 Å². The molecule has 0 fully saturated rings. The van der Waals surface area contributed by atoms with E-state index in [1.54, 1.807) is 26.4 Å². The molecule has 8 heteroatoms. The summed E-state index contributed by atoms with van der Waals surface area (Å²) in [7, 11) is 1.66. The molecule has 0 radical (unpaired) electrons. The van der Waals surface area contributed by atoms with Crippen LogP contribution >= 0.6 is 0 Å². The lowest BCUT2D eigenvalue weighted by Crippen LogP contribution is -2.12. The highest BCUT2D eigenvalue weighted by molar-refractivity contribution is 5.60. The van der Waals surface area contributed by atoms with Gasteiger partial charge in [0.15, 0.2) is 0 Å². The van der Waals surface area contributed by atoms with Gasteiger partial charge in [-0.3, -0.25) is 10.1 Å². The van der Waals surface area contributed by atoms with Gasteiger partial charge in [0.1, 0.15) is 11.5 Å². The maximum absolute atomic E-state index is 11.0. The van der Waals surface area contributed by atoms with Gasteiger partial charge in [-0.25, -0.2) is 9.67 Å². The first kappa shape index (κ1) is 12.1. The number of H-pyrrole nitrogens is 1. The monoisotopic (exact) mass is 250 g/mol. The molecule has 0 aliphatic rings. The average molecular weight is 250 g/mol. The summed E-state index contributed by atoms with van der Waals surface area (Å²) in [6, 6.07) is -0.173. The Kier molecular flexibility index (Phi) is 3.00. The first-order valence-corrected chi connectivity index (χ1v) is 5.44. The van der Waals surface area contributed by atoms with Crippen LogP contribution in [0, 0.1) is 17.0 Å². The van der Waals surface area contributed by atoms with Crippen LogP contribution in [0.3, 0.4) is 0 Å². The molecule has 0 aliphatic heterocycles. The minimum absolute atomic E-state index is 0.00379. The molecule has 0 saturated carbocycles. The summed E-state index contributed by atoms with van der Waals surface area (Å²) in [5, 5.41) is 18.1. The first-order valence-electron chi connectivity index (χ1n) is 5.44. The maximum Gasteiger partial charge on any atom is 0.333 e. The van der Waals surface area contributed by atoms with Gasteiger partial charge < -0.3 is 10.3 Å². The summed E-state index contributed by atoms with van der Waals surface area (Å²) >= 11 is 0. The van der Waals surface area contributed by atoms with Crippen molar-refractivity contribution in [3.63, 3.8) is 0 Å². The van der Waals surface area contributed by atoms with Gasteiger partial charge in [0.05, 0.1) is 11.0 Å². The van der Waals surface area contributed by atoms with Crippen LogP contribution in [0.1, 0.15) is 24.5 Å². The number of imidazole rings is 1. The van der Waals surface area contributed by atoms with Gasteiger partial charge in [-0.15, -0.1) is 0 Å². The number of anilines is 1. The highest BCUT2D eigenvalue weighted by Gasteiger charge is 2.25. The second kappa shape index (κ2) is 4.47. The third-order valence-electron chi connectivity index (χ3n) is 2.66. The van der Waals surface area contributed by atoms with E-state index >= 15 is 0 Å². The quantitative estimate of drug-likeness (QED) is 0.633. The summed E-state index contributed by atoms with van der Waals surface area (Å²) in [5.74, 6) is 1.09. The van der Waals surface area contributed by atoms with Crippen LogP contribution in [0.25, 0.3) is 0 Å². The topological polar surface area (TPSA) is 102 Å². The molecule has 8 nitrogen and oxygen atoms in total. The smallest absolute Gasteiger partial charge is 0.333 e. The molecule has 2 heterocycles. The fourth-order valence-electron chi connectivity index (χ4n) is 1.82. The van der Waals surface area contributed by atoms with E-state index in [2.05, 4.69) is 20.4 Å². The standard InChI is InChI=1S/C10H14N6O2/c1-6-8(16(17)18)10(15(3)14-6)13-7(2)9-11-4-5-12-9/h4-5,7,13H,1-3H3,(H,11,12). The van der Waals surface area contributed by atoms with E-state index in [9.17, 15) is 10.1 Å². The second-order valence-corrected chi connectivity index (χ2v) is 4.00. The third kappa shape index (κ3) is 2.04. The second-order valence-electron chi connectivity index (χ2n) is 4.00. The normalized spacial score (nSPS) is 12.4. The zero-order valence-corrected chi connectivity index (χ0v) is 10.3. The van der Waals surface area contributed by atoms with Crippen molar-refractivity contribution < 1.29 is 4.92 Å². The molecule has 0 bridgehead atoms. The molecular formula is C10H14N6O2. The highest BCUT2D eigenvalue weighted by Crippen LogP contribution is 2.29. The molecule has 2 aromatic rings. The van der Waals surface area contributed by atoms with Crippen molar-refractivity contribution in [3.8, 4) is 0 Å². The largest absolute Gasteiger partial charge is 0.355 e. The minimum atomic E-state index is -0.431. The van der Waals surface area contributed by atoms with Crippen molar-refractivity contribution in [1.82, 2.24) is 19.7 Å². The summed E-state index contributed by atoms with van der Waals surface area (Å²) in [5.41, 5.74) is 0.382. The number of rotatable bonds is 4. The van der Waals surface area contributed by atoms with E-state index in [4.69, 9.17) is 0 Å². The maximum atomic E-state index is 11.0. The fourth-order valence-corrected chi connectivity index (χ4v) is 1.82. The fraction of sp³-hybridized carbons (Fsp3) is 0.400. The molecule has 18 heavy (non-hydrogen) atoms. The Morgan fingerprint density at radius 1 is 1.61 bits per heavy atom. The number of aromatic nitrogens is 4. The Balaban J connectivity index is 2.31. The SMILES string of the molecule is Cc1nn(C)c(NC(C)c2ncc[nH]2)c1[N+](=O)[O-]. The molecule has 0 spiro atoms. The van der Waals surface area contributed by atoms with E-state index in [-0.39, 0.29) is 11.7 Å². The van der Waals surface area contributed by atoms with Crippen LogP contribution < -0.4 is 5.32 Å². The number of aryl methyl sites for hydroxylation is 2. The molecular weight excluding hydrogens is 236 g/mol. The van der Waals surface area contributed by atoms with Crippen molar-refractivity contribution in [2.75, 3.05) is 5.32 Å². The Labute approximate surface area is 103 Å². The summed E-state index contributed by atoms with van der Waals surface area (Å²) < 4.78 is 1.47. The molecule has 2 rings (SSSR count). The van der Waals surface area contributed by atoms with Crippen molar-refractivity contribution in [3.05, 3.63) is 34.0 Å². The van der Waals surface area contributed by atoms with Crippen LogP contribution in [0.5, 0.6) is 0 Å². The van der Waals surface area contributed by atoms with E-state index in [1.165, 1.54) is 4.68 Å². The lowest BCUT2D eigenvalue weighted by Gasteiger charge is -2.12. The Hall–Kier alpha value is -2.38. The number of nitro groups is 1. The number of nitrogens with zero attached hydrogens (tertiary/aromatic N) is 4. The van der Waals surface area contributed by atoms with Gasteiger partial charge in [-0.05, 0) is 13.8 Å². The summed E-state index contributed by atoms with van der Waals surface area (Å²) in [6.45, 7) is 3.48. The van der Waals surface area contributed by atoms with Crippen molar-refractivity contribution in [1.29, 1.82) is 0 Å². The molecule has 0 amide bonds. The van der Waals surface area contributed by atoms with Gasteiger partial charge in [0.2, 0.25) is 5.82 Å². The van der Waals surface area contributed by atoms with Crippen molar-refractivity contribution in [2.45, 2.75) is 19.9 Å². The van der Waals surface area contributed by atoms with Gasteiger partial charge in [-0.2, -0.15) is 5.10 Å². The third-order valence-corrected chi connectivity index (χ3v) is 2.66. The Bertz CT molecular complexity index is 559. The lowest BCUT2D eigenvalue weighted by atomic mass is 10.3. The molecule has 0 aliphatic carbocycles.